The van der Waals surface area contributed by atoms with E-state index in [1.54, 1.807) is 19.1 Å². The number of rotatable bonds is 5. The number of likely N-dealkylation sites (N-methyl/N-ethyl adjacent to an activating group) is 1. The maximum atomic E-state index is 12.0. The maximum Gasteiger partial charge on any atom is 0.243 e. The van der Waals surface area contributed by atoms with E-state index in [1.807, 2.05) is 0 Å². The van der Waals surface area contributed by atoms with Crippen molar-refractivity contribution in [3.05, 3.63) is 24.3 Å². The molecule has 0 amide bonds. The molecule has 1 aromatic rings. The van der Waals surface area contributed by atoms with Crippen LogP contribution >= 0.6 is 0 Å². The Hall–Kier alpha value is -1.11. The molecule has 3 N–H and O–H groups in total. The lowest BCUT2D eigenvalue weighted by molar-refractivity contribution is 0.257. The molecule has 0 saturated carbocycles. The molecule has 0 aliphatic carbocycles. The van der Waals surface area contributed by atoms with Gasteiger partial charge in [0.1, 0.15) is 0 Å². The SMILES string of the molecule is CCN(CCO)S(=O)(=O)c1ccc(N)cc1. The first-order valence-electron chi connectivity index (χ1n) is 4.99. The minimum Gasteiger partial charge on any atom is -0.399 e. The van der Waals surface area contributed by atoms with Gasteiger partial charge in [0.05, 0.1) is 11.5 Å². The van der Waals surface area contributed by atoms with Crippen molar-refractivity contribution in [1.82, 2.24) is 4.31 Å². The monoisotopic (exact) mass is 244 g/mol. The number of sulfonamides is 1. The number of anilines is 1. The molecule has 1 rings (SSSR count). The molecule has 90 valence electrons. The van der Waals surface area contributed by atoms with Crippen LogP contribution in [0, 0.1) is 0 Å². The van der Waals surface area contributed by atoms with E-state index in [0.29, 0.717) is 12.2 Å². The van der Waals surface area contributed by atoms with Crippen LogP contribution in [0.25, 0.3) is 0 Å². The number of hydrogen-bond acceptors (Lipinski definition) is 4. The summed E-state index contributed by atoms with van der Waals surface area (Å²) in [5.41, 5.74) is 6.01. The van der Waals surface area contributed by atoms with Crippen LogP contribution in [-0.4, -0.2) is 37.5 Å². The van der Waals surface area contributed by atoms with Gasteiger partial charge in [0.15, 0.2) is 0 Å². The van der Waals surface area contributed by atoms with E-state index in [0.717, 1.165) is 0 Å². The van der Waals surface area contributed by atoms with Gasteiger partial charge in [-0.05, 0) is 24.3 Å². The molecule has 16 heavy (non-hydrogen) atoms. The van der Waals surface area contributed by atoms with Crippen molar-refractivity contribution in [2.45, 2.75) is 11.8 Å². The minimum atomic E-state index is -3.51. The molecule has 0 radical (unpaired) electrons. The number of nitrogens with two attached hydrogens (primary N) is 1. The predicted octanol–water partition coefficient (Wildman–Crippen LogP) is 0.272. The Morgan fingerprint density at radius 1 is 1.31 bits per heavy atom. The van der Waals surface area contributed by atoms with Crippen molar-refractivity contribution in [2.24, 2.45) is 0 Å². The average Bonchev–Trinajstić information content (AvgIpc) is 2.26. The van der Waals surface area contributed by atoms with Crippen molar-refractivity contribution in [3.63, 3.8) is 0 Å². The number of nitrogen functional groups attached to an aromatic ring is 1. The summed E-state index contributed by atoms with van der Waals surface area (Å²) in [5.74, 6) is 0. The third kappa shape index (κ3) is 2.72. The molecule has 0 saturated heterocycles. The van der Waals surface area contributed by atoms with Crippen LogP contribution in [0.3, 0.4) is 0 Å². The van der Waals surface area contributed by atoms with E-state index in [9.17, 15) is 8.42 Å². The molecular weight excluding hydrogens is 228 g/mol. The van der Waals surface area contributed by atoms with E-state index in [4.69, 9.17) is 10.8 Å². The summed E-state index contributed by atoms with van der Waals surface area (Å²) in [6, 6.07) is 6.01. The number of benzene rings is 1. The Morgan fingerprint density at radius 2 is 1.88 bits per heavy atom. The first-order valence-corrected chi connectivity index (χ1v) is 6.43. The number of hydrogen-bond donors (Lipinski definition) is 2. The standard InChI is InChI=1S/C10H16N2O3S/c1-2-12(7-8-13)16(14,15)10-5-3-9(11)4-6-10/h3-6,13H,2,7-8,11H2,1H3. The maximum absolute atomic E-state index is 12.0. The fourth-order valence-corrected chi connectivity index (χ4v) is 2.79. The Balaban J connectivity index is 3.04. The normalized spacial score (nSPS) is 11.9. The van der Waals surface area contributed by atoms with Gasteiger partial charge in [0, 0.05) is 18.8 Å². The summed E-state index contributed by atoms with van der Waals surface area (Å²) < 4.78 is 25.3. The minimum absolute atomic E-state index is 0.100. The number of nitrogens with zero attached hydrogens (tertiary/aromatic N) is 1. The molecule has 0 atom stereocenters. The zero-order valence-corrected chi connectivity index (χ0v) is 9.94. The highest BCUT2D eigenvalue weighted by molar-refractivity contribution is 7.89. The largest absolute Gasteiger partial charge is 0.399 e. The van der Waals surface area contributed by atoms with E-state index in [1.165, 1.54) is 16.4 Å². The van der Waals surface area contributed by atoms with E-state index < -0.39 is 10.0 Å². The smallest absolute Gasteiger partial charge is 0.243 e. The van der Waals surface area contributed by atoms with E-state index >= 15 is 0 Å². The van der Waals surface area contributed by atoms with Crippen LogP contribution in [0.2, 0.25) is 0 Å². The molecule has 5 nitrogen and oxygen atoms in total. The summed E-state index contributed by atoms with van der Waals surface area (Å²) in [6.45, 7) is 1.96. The van der Waals surface area contributed by atoms with Gasteiger partial charge >= 0.3 is 0 Å². The number of aliphatic hydroxyl groups is 1. The molecule has 0 aromatic heterocycles. The van der Waals surface area contributed by atoms with Gasteiger partial charge in [0.25, 0.3) is 0 Å². The fraction of sp³-hybridized carbons (Fsp3) is 0.400. The molecule has 0 unspecified atom stereocenters. The van der Waals surface area contributed by atoms with Crippen molar-refractivity contribution >= 4 is 15.7 Å². The van der Waals surface area contributed by atoms with Crippen LogP contribution in [0.1, 0.15) is 6.92 Å². The fourth-order valence-electron chi connectivity index (χ4n) is 1.35. The molecule has 0 aliphatic heterocycles. The third-order valence-electron chi connectivity index (χ3n) is 2.22. The summed E-state index contributed by atoms with van der Waals surface area (Å²) in [5, 5.41) is 8.80. The van der Waals surface area contributed by atoms with Gasteiger partial charge in [0.2, 0.25) is 10.0 Å². The van der Waals surface area contributed by atoms with Crippen LogP contribution in [0.5, 0.6) is 0 Å². The topological polar surface area (TPSA) is 83.6 Å². The lowest BCUT2D eigenvalue weighted by atomic mass is 10.3. The van der Waals surface area contributed by atoms with Crippen molar-refractivity contribution in [2.75, 3.05) is 25.4 Å². The Kier molecular flexibility index (Phi) is 4.28. The van der Waals surface area contributed by atoms with Crippen molar-refractivity contribution < 1.29 is 13.5 Å². The second-order valence-corrected chi connectivity index (χ2v) is 5.23. The predicted molar refractivity (Wildman–Crippen MR) is 62.4 cm³/mol. The average molecular weight is 244 g/mol. The molecular formula is C10H16N2O3S. The highest BCUT2D eigenvalue weighted by Gasteiger charge is 2.21. The molecule has 0 fully saturated rings. The molecule has 0 spiro atoms. The number of aliphatic hydroxyl groups excluding tert-OH is 1. The molecule has 0 aliphatic rings. The van der Waals surface area contributed by atoms with Crippen LogP contribution in [-0.2, 0) is 10.0 Å². The first-order chi connectivity index (χ1) is 7.52. The van der Waals surface area contributed by atoms with Crippen molar-refractivity contribution in [3.8, 4) is 0 Å². The highest BCUT2D eigenvalue weighted by Crippen LogP contribution is 2.16. The summed E-state index contributed by atoms with van der Waals surface area (Å²) in [7, 11) is -3.51. The Morgan fingerprint density at radius 3 is 2.31 bits per heavy atom. The van der Waals surface area contributed by atoms with Gasteiger partial charge in [-0.2, -0.15) is 4.31 Å². The highest BCUT2D eigenvalue weighted by atomic mass is 32.2. The van der Waals surface area contributed by atoms with Gasteiger partial charge in [-0.3, -0.25) is 0 Å². The summed E-state index contributed by atoms with van der Waals surface area (Å²) >= 11 is 0. The summed E-state index contributed by atoms with van der Waals surface area (Å²) in [6.07, 6.45) is 0. The lowest BCUT2D eigenvalue weighted by Crippen LogP contribution is -2.33. The zero-order chi connectivity index (χ0) is 12.2. The second kappa shape index (κ2) is 5.29. The van der Waals surface area contributed by atoms with Gasteiger partial charge in [-0.25, -0.2) is 8.42 Å². The molecule has 0 bridgehead atoms. The van der Waals surface area contributed by atoms with E-state index in [-0.39, 0.29) is 18.0 Å². The van der Waals surface area contributed by atoms with Gasteiger partial charge in [-0.1, -0.05) is 6.92 Å². The second-order valence-electron chi connectivity index (χ2n) is 3.29. The lowest BCUT2D eigenvalue weighted by Gasteiger charge is -2.19. The van der Waals surface area contributed by atoms with Crippen LogP contribution in [0.15, 0.2) is 29.2 Å². The van der Waals surface area contributed by atoms with Crippen molar-refractivity contribution in [1.29, 1.82) is 0 Å². The summed E-state index contributed by atoms with van der Waals surface area (Å²) in [4.78, 5) is 0.192. The van der Waals surface area contributed by atoms with Crippen LogP contribution in [0.4, 0.5) is 5.69 Å². The van der Waals surface area contributed by atoms with Crippen LogP contribution < -0.4 is 5.73 Å². The van der Waals surface area contributed by atoms with Gasteiger partial charge in [-0.15, -0.1) is 0 Å². The van der Waals surface area contributed by atoms with Gasteiger partial charge < -0.3 is 10.8 Å². The van der Waals surface area contributed by atoms with E-state index in [2.05, 4.69) is 0 Å². The Bertz CT molecular complexity index is 428. The molecule has 1 aromatic carbocycles. The zero-order valence-electron chi connectivity index (χ0n) is 9.13. The molecule has 0 heterocycles. The first kappa shape index (κ1) is 13.0. The molecule has 6 heteroatoms. The Labute approximate surface area is 95.5 Å². The quantitative estimate of drug-likeness (QED) is 0.728. The third-order valence-corrected chi connectivity index (χ3v) is 4.21.